The highest BCUT2D eigenvalue weighted by atomic mass is 32.3. The van der Waals surface area contributed by atoms with Crippen molar-refractivity contribution in [3.05, 3.63) is 30.5 Å². The number of benzene rings is 1. The summed E-state index contributed by atoms with van der Waals surface area (Å²) in [5, 5.41) is 0.435. The van der Waals surface area contributed by atoms with Gasteiger partial charge in [0.25, 0.3) is 0 Å². The Morgan fingerprint density at radius 1 is 1.24 bits per heavy atom. The summed E-state index contributed by atoms with van der Waals surface area (Å²) < 4.78 is 39.5. The van der Waals surface area contributed by atoms with Crippen LogP contribution in [-0.4, -0.2) is 25.1 Å². The van der Waals surface area contributed by atoms with Gasteiger partial charge in [-0.3, -0.25) is 9.54 Å². The first-order valence-electron chi connectivity index (χ1n) is 4.60. The largest absolute Gasteiger partial charge is 0.494 e. The van der Waals surface area contributed by atoms with Crippen LogP contribution < -0.4 is 8.92 Å². The topological polar surface area (TPSA) is 85.7 Å². The van der Waals surface area contributed by atoms with Gasteiger partial charge in [-0.1, -0.05) is 0 Å². The Labute approximate surface area is 97.8 Å². The summed E-state index contributed by atoms with van der Waals surface area (Å²) in [6.45, 7) is 0. The van der Waals surface area contributed by atoms with Crippen LogP contribution in [0.1, 0.15) is 0 Å². The smallest absolute Gasteiger partial charge is 0.446 e. The van der Waals surface area contributed by atoms with E-state index >= 15 is 0 Å². The van der Waals surface area contributed by atoms with E-state index in [1.54, 1.807) is 18.3 Å². The Bertz CT molecular complexity index is 653. The number of aromatic nitrogens is 1. The normalized spacial score (nSPS) is 11.4. The van der Waals surface area contributed by atoms with Crippen molar-refractivity contribution in [3.63, 3.8) is 0 Å². The standard InChI is InChI=1S/C10H9NO5S/c1-15-9-5-4-8(16-17(12,13)14)7-3-2-6-11-10(7)9/h2-6H,1H3,(H,12,13,14). The van der Waals surface area contributed by atoms with E-state index in [9.17, 15) is 8.42 Å². The lowest BCUT2D eigenvalue weighted by atomic mass is 10.2. The highest BCUT2D eigenvalue weighted by Gasteiger charge is 2.13. The second-order valence-corrected chi connectivity index (χ2v) is 4.20. The molecule has 1 aromatic heterocycles. The molecule has 2 rings (SSSR count). The van der Waals surface area contributed by atoms with Crippen molar-refractivity contribution in [2.24, 2.45) is 0 Å². The molecule has 0 aliphatic rings. The Balaban J connectivity index is 2.67. The van der Waals surface area contributed by atoms with E-state index in [4.69, 9.17) is 9.29 Å². The quantitative estimate of drug-likeness (QED) is 0.835. The van der Waals surface area contributed by atoms with Gasteiger partial charge in [0, 0.05) is 11.6 Å². The summed E-state index contributed by atoms with van der Waals surface area (Å²) in [5.41, 5.74) is 0.455. The van der Waals surface area contributed by atoms with Gasteiger partial charge in [0.2, 0.25) is 0 Å². The molecule has 0 bridgehead atoms. The van der Waals surface area contributed by atoms with Crippen molar-refractivity contribution in [2.75, 3.05) is 7.11 Å². The minimum absolute atomic E-state index is 0.00333. The fourth-order valence-corrected chi connectivity index (χ4v) is 1.84. The third kappa shape index (κ3) is 2.45. The van der Waals surface area contributed by atoms with Crippen molar-refractivity contribution >= 4 is 21.3 Å². The molecule has 0 aliphatic carbocycles. The van der Waals surface area contributed by atoms with Gasteiger partial charge in [0.1, 0.15) is 11.3 Å². The Kier molecular flexibility index (Phi) is 2.86. The van der Waals surface area contributed by atoms with Gasteiger partial charge in [0.15, 0.2) is 5.75 Å². The molecule has 0 saturated carbocycles. The zero-order valence-corrected chi connectivity index (χ0v) is 9.64. The Morgan fingerprint density at radius 2 is 1.94 bits per heavy atom. The predicted octanol–water partition coefficient (Wildman–Crippen LogP) is 1.42. The molecule has 6 nitrogen and oxygen atoms in total. The number of hydrogen-bond acceptors (Lipinski definition) is 5. The zero-order chi connectivity index (χ0) is 12.5. The molecule has 0 aliphatic heterocycles. The number of rotatable bonds is 3. The number of ether oxygens (including phenoxy) is 1. The number of fused-ring (bicyclic) bond motifs is 1. The van der Waals surface area contributed by atoms with Crippen molar-refractivity contribution < 1.29 is 21.9 Å². The molecular formula is C10H9NO5S. The van der Waals surface area contributed by atoms with Crippen LogP contribution in [0.15, 0.2) is 30.5 Å². The average molecular weight is 255 g/mol. The van der Waals surface area contributed by atoms with Crippen LogP contribution in [0.25, 0.3) is 10.9 Å². The van der Waals surface area contributed by atoms with Crippen LogP contribution in [0.2, 0.25) is 0 Å². The molecule has 0 amide bonds. The van der Waals surface area contributed by atoms with Crippen molar-refractivity contribution in [1.29, 1.82) is 0 Å². The van der Waals surface area contributed by atoms with Crippen LogP contribution in [0.3, 0.4) is 0 Å². The summed E-state index contributed by atoms with van der Waals surface area (Å²) in [7, 11) is -3.08. The van der Waals surface area contributed by atoms with Crippen molar-refractivity contribution in [1.82, 2.24) is 4.98 Å². The van der Waals surface area contributed by atoms with Gasteiger partial charge >= 0.3 is 10.4 Å². The van der Waals surface area contributed by atoms with Crippen LogP contribution in [0.4, 0.5) is 0 Å². The third-order valence-electron chi connectivity index (χ3n) is 2.11. The molecule has 2 aromatic rings. The van der Waals surface area contributed by atoms with Crippen molar-refractivity contribution in [2.45, 2.75) is 0 Å². The SMILES string of the molecule is COc1ccc(OS(=O)(=O)O)c2cccnc12. The highest BCUT2D eigenvalue weighted by molar-refractivity contribution is 7.81. The molecule has 1 aromatic carbocycles. The molecular weight excluding hydrogens is 246 g/mol. The predicted molar refractivity (Wildman–Crippen MR) is 60.5 cm³/mol. The molecule has 90 valence electrons. The summed E-state index contributed by atoms with van der Waals surface area (Å²) in [6, 6.07) is 6.14. The van der Waals surface area contributed by atoms with E-state index < -0.39 is 10.4 Å². The number of pyridine rings is 1. The molecule has 0 saturated heterocycles. The molecule has 1 heterocycles. The molecule has 0 spiro atoms. The van der Waals surface area contributed by atoms with Crippen LogP contribution in [-0.2, 0) is 10.4 Å². The Hall–Kier alpha value is -1.86. The van der Waals surface area contributed by atoms with E-state index in [-0.39, 0.29) is 5.75 Å². The molecule has 0 atom stereocenters. The van der Waals surface area contributed by atoms with E-state index in [2.05, 4.69) is 9.17 Å². The number of nitrogens with zero attached hydrogens (tertiary/aromatic N) is 1. The maximum absolute atomic E-state index is 10.7. The minimum Gasteiger partial charge on any atom is -0.494 e. The molecule has 0 fully saturated rings. The summed E-state index contributed by atoms with van der Waals surface area (Å²) >= 11 is 0. The lowest BCUT2D eigenvalue weighted by Crippen LogP contribution is -2.07. The lowest BCUT2D eigenvalue weighted by molar-refractivity contribution is 0.387. The number of hydrogen-bond donors (Lipinski definition) is 1. The van der Waals surface area contributed by atoms with Crippen LogP contribution in [0.5, 0.6) is 11.5 Å². The first-order valence-corrected chi connectivity index (χ1v) is 5.96. The van der Waals surface area contributed by atoms with Crippen molar-refractivity contribution in [3.8, 4) is 11.5 Å². The van der Waals surface area contributed by atoms with Crippen LogP contribution in [0, 0.1) is 0 Å². The molecule has 1 N–H and O–H groups in total. The summed E-state index contributed by atoms with van der Waals surface area (Å²) in [6.07, 6.45) is 1.54. The Morgan fingerprint density at radius 3 is 2.59 bits per heavy atom. The van der Waals surface area contributed by atoms with Gasteiger partial charge in [0.05, 0.1) is 7.11 Å². The number of methoxy groups -OCH3 is 1. The first kappa shape index (κ1) is 11.6. The van der Waals surface area contributed by atoms with E-state index in [1.165, 1.54) is 19.2 Å². The second-order valence-electron chi connectivity index (χ2n) is 3.18. The summed E-state index contributed by atoms with van der Waals surface area (Å²) in [5.74, 6) is 0.486. The molecule has 17 heavy (non-hydrogen) atoms. The van der Waals surface area contributed by atoms with Gasteiger partial charge < -0.3 is 8.92 Å². The van der Waals surface area contributed by atoms with Gasteiger partial charge in [-0.25, -0.2) is 0 Å². The van der Waals surface area contributed by atoms with E-state index in [1.807, 2.05) is 0 Å². The van der Waals surface area contributed by atoms with Crippen LogP contribution >= 0.6 is 0 Å². The van der Waals surface area contributed by atoms with Gasteiger partial charge in [-0.15, -0.1) is 0 Å². The van der Waals surface area contributed by atoms with Gasteiger partial charge in [-0.05, 0) is 24.3 Å². The second kappa shape index (κ2) is 4.19. The fourth-order valence-electron chi connectivity index (χ4n) is 1.47. The molecule has 0 unspecified atom stereocenters. The highest BCUT2D eigenvalue weighted by Crippen LogP contribution is 2.31. The molecule has 0 radical (unpaired) electrons. The van der Waals surface area contributed by atoms with Gasteiger partial charge in [-0.2, -0.15) is 8.42 Å². The third-order valence-corrected chi connectivity index (χ3v) is 2.50. The maximum atomic E-state index is 10.7. The first-order chi connectivity index (χ1) is 8.01. The van der Waals surface area contributed by atoms with E-state index in [0.29, 0.717) is 16.7 Å². The molecule has 7 heteroatoms. The zero-order valence-electron chi connectivity index (χ0n) is 8.82. The average Bonchev–Trinajstić information content (AvgIpc) is 2.28. The minimum atomic E-state index is -4.56. The fraction of sp³-hybridized carbons (Fsp3) is 0.100. The summed E-state index contributed by atoms with van der Waals surface area (Å²) in [4.78, 5) is 4.06. The lowest BCUT2D eigenvalue weighted by Gasteiger charge is -2.08. The monoisotopic (exact) mass is 255 g/mol. The maximum Gasteiger partial charge on any atom is 0.446 e. The van der Waals surface area contributed by atoms with E-state index in [0.717, 1.165) is 0 Å².